The monoisotopic (exact) mass is 294 g/mol. The molecule has 0 saturated heterocycles. The van der Waals surface area contributed by atoms with Gasteiger partial charge in [-0.3, -0.25) is 4.79 Å². The molecule has 0 saturated carbocycles. The molecule has 0 radical (unpaired) electrons. The van der Waals surface area contributed by atoms with Crippen molar-refractivity contribution in [2.75, 3.05) is 5.32 Å². The summed E-state index contributed by atoms with van der Waals surface area (Å²) in [5.41, 5.74) is 1.78. The van der Waals surface area contributed by atoms with Gasteiger partial charge in [-0.2, -0.15) is 5.10 Å². The Morgan fingerprint density at radius 1 is 1.18 bits per heavy atom. The minimum atomic E-state index is -0.259. The zero-order chi connectivity index (χ0) is 15.5. The molecule has 0 aliphatic heterocycles. The first-order valence-corrected chi connectivity index (χ1v) is 6.71. The van der Waals surface area contributed by atoms with Gasteiger partial charge < -0.3 is 10.4 Å². The lowest BCUT2D eigenvalue weighted by atomic mass is 10.2. The maximum Gasteiger partial charge on any atom is 0.259 e. The van der Waals surface area contributed by atoms with Gasteiger partial charge in [0.2, 0.25) is 0 Å². The van der Waals surface area contributed by atoms with Crippen molar-refractivity contribution in [1.29, 1.82) is 0 Å². The zero-order valence-corrected chi connectivity index (χ0v) is 11.9. The summed E-state index contributed by atoms with van der Waals surface area (Å²) in [6.07, 6.45) is 3.19. The van der Waals surface area contributed by atoms with E-state index in [0.29, 0.717) is 22.8 Å². The highest BCUT2D eigenvalue weighted by molar-refractivity contribution is 6.04. The fraction of sp³-hybridized carbons (Fsp3) is 0.0625. The first-order chi connectivity index (χ1) is 10.6. The molecule has 2 heterocycles. The highest BCUT2D eigenvalue weighted by Gasteiger charge is 2.15. The number of nitrogens with one attached hydrogen (secondary N) is 1. The Balaban J connectivity index is 1.85. The van der Waals surface area contributed by atoms with Crippen molar-refractivity contribution in [2.45, 2.75) is 6.92 Å². The minimum absolute atomic E-state index is 0.150. The number of pyridine rings is 1. The molecule has 2 aromatic heterocycles. The molecule has 0 spiro atoms. The molecule has 0 aliphatic carbocycles. The standard InChI is InChI=1S/C16H14N4O2/c1-11-14(10-18-20(11)15-4-2-3-9-17-15)16(22)19-12-5-7-13(21)8-6-12/h2-10,21H,1H3,(H,19,22). The number of anilines is 1. The van der Waals surface area contributed by atoms with Crippen LogP contribution in [-0.4, -0.2) is 25.8 Å². The third-order valence-corrected chi connectivity index (χ3v) is 3.25. The number of hydrogen-bond acceptors (Lipinski definition) is 4. The molecular formula is C16H14N4O2. The largest absolute Gasteiger partial charge is 0.508 e. The van der Waals surface area contributed by atoms with Crippen molar-refractivity contribution in [3.05, 3.63) is 66.1 Å². The van der Waals surface area contributed by atoms with Crippen LogP contribution in [0.15, 0.2) is 54.9 Å². The fourth-order valence-electron chi connectivity index (χ4n) is 2.09. The van der Waals surface area contributed by atoms with Crippen molar-refractivity contribution < 1.29 is 9.90 Å². The van der Waals surface area contributed by atoms with Crippen LogP contribution >= 0.6 is 0 Å². The van der Waals surface area contributed by atoms with Gasteiger partial charge in [0.05, 0.1) is 17.5 Å². The Hall–Kier alpha value is -3.15. The van der Waals surface area contributed by atoms with E-state index in [1.807, 2.05) is 25.1 Å². The van der Waals surface area contributed by atoms with E-state index in [1.165, 1.54) is 18.3 Å². The Morgan fingerprint density at radius 3 is 2.64 bits per heavy atom. The number of rotatable bonds is 3. The molecular weight excluding hydrogens is 280 g/mol. The molecule has 22 heavy (non-hydrogen) atoms. The predicted molar refractivity (Wildman–Crippen MR) is 82.2 cm³/mol. The van der Waals surface area contributed by atoms with E-state index >= 15 is 0 Å². The van der Waals surface area contributed by atoms with Crippen molar-refractivity contribution >= 4 is 11.6 Å². The summed E-state index contributed by atoms with van der Waals surface area (Å²) in [6.45, 7) is 1.81. The van der Waals surface area contributed by atoms with E-state index in [-0.39, 0.29) is 11.7 Å². The van der Waals surface area contributed by atoms with Crippen LogP contribution in [0.4, 0.5) is 5.69 Å². The first-order valence-electron chi connectivity index (χ1n) is 6.71. The average molecular weight is 294 g/mol. The van der Waals surface area contributed by atoms with Gasteiger partial charge in [0.1, 0.15) is 5.75 Å². The Kier molecular flexibility index (Phi) is 3.57. The van der Waals surface area contributed by atoms with Crippen LogP contribution in [0.2, 0.25) is 0 Å². The smallest absolute Gasteiger partial charge is 0.259 e. The Bertz CT molecular complexity index is 795. The van der Waals surface area contributed by atoms with Crippen LogP contribution in [-0.2, 0) is 0 Å². The number of amides is 1. The van der Waals surface area contributed by atoms with Gasteiger partial charge in [0.15, 0.2) is 5.82 Å². The van der Waals surface area contributed by atoms with E-state index in [1.54, 1.807) is 23.0 Å². The Morgan fingerprint density at radius 2 is 1.95 bits per heavy atom. The van der Waals surface area contributed by atoms with Gasteiger partial charge in [0, 0.05) is 11.9 Å². The molecule has 1 aromatic carbocycles. The molecule has 0 atom stereocenters. The highest BCUT2D eigenvalue weighted by Crippen LogP contribution is 2.17. The second-order valence-corrected chi connectivity index (χ2v) is 4.74. The van der Waals surface area contributed by atoms with Gasteiger partial charge in [0.25, 0.3) is 5.91 Å². The van der Waals surface area contributed by atoms with E-state index < -0.39 is 0 Å². The number of benzene rings is 1. The van der Waals surface area contributed by atoms with Gasteiger partial charge in [-0.25, -0.2) is 9.67 Å². The Labute approximate surface area is 127 Å². The van der Waals surface area contributed by atoms with Gasteiger partial charge >= 0.3 is 0 Å². The van der Waals surface area contributed by atoms with E-state index in [2.05, 4.69) is 15.4 Å². The molecule has 6 heteroatoms. The number of phenols is 1. The summed E-state index contributed by atoms with van der Waals surface area (Å²) >= 11 is 0. The number of hydrogen-bond donors (Lipinski definition) is 2. The topological polar surface area (TPSA) is 80.0 Å². The SMILES string of the molecule is Cc1c(C(=O)Nc2ccc(O)cc2)cnn1-c1ccccn1. The van der Waals surface area contributed by atoms with Gasteiger partial charge in [-0.1, -0.05) is 6.07 Å². The lowest BCUT2D eigenvalue weighted by Crippen LogP contribution is -2.13. The number of nitrogens with zero attached hydrogens (tertiary/aromatic N) is 3. The summed E-state index contributed by atoms with van der Waals surface area (Å²) in [7, 11) is 0. The molecule has 3 rings (SSSR count). The second-order valence-electron chi connectivity index (χ2n) is 4.74. The predicted octanol–water partition coefficient (Wildman–Crippen LogP) is 2.53. The van der Waals surface area contributed by atoms with Gasteiger partial charge in [-0.05, 0) is 43.3 Å². The molecule has 2 N–H and O–H groups in total. The van der Waals surface area contributed by atoms with Crippen molar-refractivity contribution in [2.24, 2.45) is 0 Å². The first kappa shape index (κ1) is 13.8. The zero-order valence-electron chi connectivity index (χ0n) is 11.9. The number of aromatic nitrogens is 3. The summed E-state index contributed by atoms with van der Waals surface area (Å²) in [4.78, 5) is 16.5. The lowest BCUT2D eigenvalue weighted by Gasteiger charge is -2.06. The average Bonchev–Trinajstić information content (AvgIpc) is 2.92. The van der Waals surface area contributed by atoms with Crippen LogP contribution in [0.1, 0.15) is 16.1 Å². The number of phenolic OH excluding ortho intramolecular Hbond substituents is 1. The second kappa shape index (κ2) is 5.69. The molecule has 0 bridgehead atoms. The summed E-state index contributed by atoms with van der Waals surface area (Å²) < 4.78 is 1.62. The maximum atomic E-state index is 12.3. The molecule has 0 unspecified atom stereocenters. The van der Waals surface area contributed by atoms with E-state index in [4.69, 9.17) is 0 Å². The highest BCUT2D eigenvalue weighted by atomic mass is 16.3. The minimum Gasteiger partial charge on any atom is -0.508 e. The molecule has 6 nitrogen and oxygen atoms in total. The van der Waals surface area contributed by atoms with Crippen LogP contribution in [0.25, 0.3) is 5.82 Å². The lowest BCUT2D eigenvalue weighted by molar-refractivity contribution is 0.102. The van der Waals surface area contributed by atoms with Crippen LogP contribution in [0.3, 0.4) is 0 Å². The molecule has 1 amide bonds. The number of carbonyl (C=O) groups excluding carboxylic acids is 1. The van der Waals surface area contributed by atoms with Gasteiger partial charge in [-0.15, -0.1) is 0 Å². The number of aromatic hydroxyl groups is 1. The van der Waals surface area contributed by atoms with Crippen LogP contribution < -0.4 is 5.32 Å². The van der Waals surface area contributed by atoms with Crippen molar-refractivity contribution in [3.63, 3.8) is 0 Å². The molecule has 3 aromatic rings. The summed E-state index contributed by atoms with van der Waals surface area (Å²) in [5.74, 6) is 0.547. The maximum absolute atomic E-state index is 12.3. The quantitative estimate of drug-likeness (QED) is 0.727. The summed E-state index contributed by atoms with van der Waals surface area (Å²) in [5, 5.41) is 16.2. The third-order valence-electron chi connectivity index (χ3n) is 3.25. The molecule has 0 aliphatic rings. The van der Waals surface area contributed by atoms with E-state index in [9.17, 15) is 9.90 Å². The molecule has 0 fully saturated rings. The normalized spacial score (nSPS) is 10.4. The molecule has 110 valence electrons. The van der Waals surface area contributed by atoms with Crippen LogP contribution in [0.5, 0.6) is 5.75 Å². The summed E-state index contributed by atoms with van der Waals surface area (Å²) in [6, 6.07) is 11.8. The number of carbonyl (C=O) groups is 1. The van der Waals surface area contributed by atoms with Crippen LogP contribution in [0, 0.1) is 6.92 Å². The fourth-order valence-corrected chi connectivity index (χ4v) is 2.09. The van der Waals surface area contributed by atoms with E-state index in [0.717, 1.165) is 0 Å². The van der Waals surface area contributed by atoms with Crippen molar-refractivity contribution in [3.8, 4) is 11.6 Å². The third kappa shape index (κ3) is 2.67. The van der Waals surface area contributed by atoms with Crippen molar-refractivity contribution in [1.82, 2.24) is 14.8 Å².